The largest absolute Gasteiger partial charge is 0.367 e. The molecule has 0 saturated carbocycles. The van der Waals surface area contributed by atoms with Gasteiger partial charge in [-0.15, -0.1) is 13.3 Å². The smallest absolute Gasteiger partial charge is 0 e. The Balaban J connectivity index is -0.00000000833. The van der Waals surface area contributed by atoms with Crippen molar-refractivity contribution >= 4 is 0 Å². The zero-order chi connectivity index (χ0) is 5.21. The van der Waals surface area contributed by atoms with Crippen LogP contribution in [0.5, 0.6) is 0 Å². The average molecular weight is 419 g/mol. The van der Waals surface area contributed by atoms with Crippen molar-refractivity contribution < 1.29 is 102 Å². The Hall–Kier alpha value is 3.12. The first-order valence-corrected chi connectivity index (χ1v) is 2.27. The zero-order valence-corrected chi connectivity index (χ0v) is 13.4. The molecule has 0 aliphatic rings. The average Bonchev–Trinajstić information content (AvgIpc) is 1.35. The summed E-state index contributed by atoms with van der Waals surface area (Å²) >= 11 is 0. The first-order chi connectivity index (χ1) is 2.56. The summed E-state index contributed by atoms with van der Waals surface area (Å²) in [6.07, 6.45) is 1.05. The van der Waals surface area contributed by atoms with E-state index in [0.29, 0.717) is 0 Å². The molecule has 0 rings (SSSR count). The van der Waals surface area contributed by atoms with Gasteiger partial charge in [0, 0.05) is 102 Å². The van der Waals surface area contributed by atoms with Crippen LogP contribution in [-0.2, 0) is 102 Å². The van der Waals surface area contributed by atoms with Gasteiger partial charge in [0.2, 0.25) is 0 Å². The normalized spacial score (nSPS) is 6.00. The molecule has 0 aromatic heterocycles. The Kier molecular flexibility index (Phi) is 90.4. The Morgan fingerprint density at radius 2 is 0.917 bits per heavy atom. The third-order valence-corrected chi connectivity index (χ3v) is 0.854. The van der Waals surface area contributed by atoms with Gasteiger partial charge in [-0.1, -0.05) is 6.92 Å². The molecular weight excluding hydrogens is 407 g/mol. The van der Waals surface area contributed by atoms with Crippen molar-refractivity contribution in [3.8, 4) is 0 Å². The Labute approximate surface area is 140 Å². The van der Waals surface area contributed by atoms with Crippen LogP contribution in [0.4, 0.5) is 0 Å². The molecule has 0 spiro atoms. The second-order valence-electron chi connectivity index (χ2n) is 2.16. The molecule has 0 aromatic carbocycles. The van der Waals surface area contributed by atoms with Crippen molar-refractivity contribution in [2.24, 2.45) is 5.41 Å². The molecule has 0 radical (unpaired) electrons. The maximum absolute atomic E-state index is 3.78. The van der Waals surface area contributed by atoms with Crippen LogP contribution >= 0.6 is 0 Å². The van der Waals surface area contributed by atoms with Crippen molar-refractivity contribution in [3.05, 3.63) is 13.8 Å². The number of rotatable bonds is 1. The van der Waals surface area contributed by atoms with Crippen LogP contribution in [0.3, 0.4) is 0 Å². The fourth-order valence-corrected chi connectivity index (χ4v) is 0. The SMILES string of the molecule is [CH2-]C([CH2-])(C)CC.[Fe].[Fe].[Fe].[Fe].[Fe].[Fe]. The van der Waals surface area contributed by atoms with E-state index >= 15 is 0 Å². The van der Waals surface area contributed by atoms with Crippen LogP contribution in [0.2, 0.25) is 0 Å². The van der Waals surface area contributed by atoms with Gasteiger partial charge in [0.15, 0.2) is 0 Å². The molecule has 0 nitrogen and oxygen atoms in total. The predicted molar refractivity (Wildman–Crippen MR) is 29.1 cm³/mol. The Morgan fingerprint density at radius 3 is 0.917 bits per heavy atom. The summed E-state index contributed by atoms with van der Waals surface area (Å²) in [6, 6.07) is 0. The van der Waals surface area contributed by atoms with E-state index in [2.05, 4.69) is 20.8 Å². The maximum Gasteiger partial charge on any atom is 0 e. The summed E-state index contributed by atoms with van der Waals surface area (Å²) in [4.78, 5) is 0. The van der Waals surface area contributed by atoms with Crippen molar-refractivity contribution in [1.29, 1.82) is 0 Å². The molecule has 0 aromatic rings. The van der Waals surface area contributed by atoms with E-state index in [0.717, 1.165) is 6.42 Å². The fourth-order valence-electron chi connectivity index (χ4n) is 0. The minimum Gasteiger partial charge on any atom is -0.367 e. The quantitative estimate of drug-likeness (QED) is 0.451. The molecule has 0 aliphatic heterocycles. The maximum atomic E-state index is 3.78. The summed E-state index contributed by atoms with van der Waals surface area (Å²) in [5.74, 6) is 0. The zero-order valence-electron chi connectivity index (χ0n) is 6.74. The van der Waals surface area contributed by atoms with Gasteiger partial charge in [0.1, 0.15) is 0 Å². The van der Waals surface area contributed by atoms with E-state index in [1.54, 1.807) is 0 Å². The van der Waals surface area contributed by atoms with E-state index in [1.807, 2.05) is 6.92 Å². The molecule has 0 amide bonds. The second kappa shape index (κ2) is 23.7. The molecular formula is C6H12Fe6-2. The van der Waals surface area contributed by atoms with Crippen molar-refractivity contribution in [2.75, 3.05) is 0 Å². The molecule has 0 atom stereocenters. The molecule has 0 unspecified atom stereocenters. The second-order valence-corrected chi connectivity index (χ2v) is 2.16. The van der Waals surface area contributed by atoms with Crippen molar-refractivity contribution in [2.45, 2.75) is 20.3 Å². The van der Waals surface area contributed by atoms with Gasteiger partial charge in [-0.2, -0.15) is 0 Å². The van der Waals surface area contributed by atoms with Crippen LogP contribution in [-0.4, -0.2) is 0 Å². The van der Waals surface area contributed by atoms with Crippen molar-refractivity contribution in [1.82, 2.24) is 0 Å². The van der Waals surface area contributed by atoms with Crippen LogP contribution in [0.25, 0.3) is 0 Å². The van der Waals surface area contributed by atoms with E-state index in [1.165, 1.54) is 0 Å². The first kappa shape index (κ1) is 45.7. The van der Waals surface area contributed by atoms with Crippen LogP contribution < -0.4 is 0 Å². The van der Waals surface area contributed by atoms with Gasteiger partial charge in [0.05, 0.1) is 0 Å². The summed E-state index contributed by atoms with van der Waals surface area (Å²) in [6.45, 7) is 11.7. The third-order valence-electron chi connectivity index (χ3n) is 0.854. The molecule has 0 aliphatic carbocycles. The van der Waals surface area contributed by atoms with Crippen LogP contribution in [0.1, 0.15) is 20.3 Å². The minimum atomic E-state index is 0. The van der Waals surface area contributed by atoms with Gasteiger partial charge in [-0.05, 0) is 0 Å². The van der Waals surface area contributed by atoms with Crippen molar-refractivity contribution in [3.63, 3.8) is 0 Å². The van der Waals surface area contributed by atoms with Gasteiger partial charge in [-0.25, -0.2) is 0 Å². The van der Waals surface area contributed by atoms with Gasteiger partial charge < -0.3 is 13.8 Å². The number of hydrogen-bond acceptors (Lipinski definition) is 0. The first-order valence-electron chi connectivity index (χ1n) is 2.27. The standard InChI is InChI=1S/C6H12.6Fe/c1-5-6(2,3)4;;;;;;/h2-3,5H2,1,4H3;;;;;;/q-2;;;;;;. The number of hydrogen-bond donors (Lipinski definition) is 0. The monoisotopic (exact) mass is 420 g/mol. The molecule has 6 heteroatoms. The molecule has 0 saturated heterocycles. The van der Waals surface area contributed by atoms with E-state index in [4.69, 9.17) is 0 Å². The fraction of sp³-hybridized carbons (Fsp3) is 0.667. The molecule has 0 N–H and O–H groups in total. The molecule has 12 heavy (non-hydrogen) atoms. The molecule has 0 heterocycles. The summed E-state index contributed by atoms with van der Waals surface area (Å²) in [7, 11) is 0. The molecule has 0 fully saturated rings. The van der Waals surface area contributed by atoms with E-state index in [-0.39, 0.29) is 108 Å². The predicted octanol–water partition coefficient (Wildman–Crippen LogP) is 2.06. The minimum absolute atomic E-state index is 0. The molecule has 86 valence electrons. The molecule has 0 bridgehead atoms. The van der Waals surface area contributed by atoms with Crippen LogP contribution in [0, 0.1) is 19.3 Å². The Morgan fingerprint density at radius 1 is 0.833 bits per heavy atom. The summed E-state index contributed by atoms with van der Waals surface area (Å²) < 4.78 is 0. The Bertz CT molecular complexity index is 41.8. The summed E-state index contributed by atoms with van der Waals surface area (Å²) in [5.41, 5.74) is 0.0417. The summed E-state index contributed by atoms with van der Waals surface area (Å²) in [5, 5.41) is 0. The van der Waals surface area contributed by atoms with E-state index < -0.39 is 0 Å². The van der Waals surface area contributed by atoms with Gasteiger partial charge in [0.25, 0.3) is 0 Å². The van der Waals surface area contributed by atoms with Gasteiger partial charge in [-0.3, -0.25) is 5.41 Å². The topological polar surface area (TPSA) is 0 Å². The van der Waals surface area contributed by atoms with Gasteiger partial charge >= 0.3 is 0 Å². The third kappa shape index (κ3) is 51.5. The van der Waals surface area contributed by atoms with Crippen LogP contribution in [0.15, 0.2) is 0 Å². The van der Waals surface area contributed by atoms with E-state index in [9.17, 15) is 0 Å².